The number of aromatic nitrogens is 2. The fraction of sp³-hybridized carbons (Fsp3) is 0.250. The van der Waals surface area contributed by atoms with Crippen molar-refractivity contribution < 1.29 is 4.79 Å². The van der Waals surface area contributed by atoms with E-state index in [1.54, 1.807) is 24.2 Å². The second kappa shape index (κ2) is 6.70. The lowest BCUT2D eigenvalue weighted by atomic mass is 10.0. The summed E-state index contributed by atoms with van der Waals surface area (Å²) in [5.41, 5.74) is 4.13. The second-order valence-electron chi connectivity index (χ2n) is 6.57. The standard InChI is InChI=1S/C20H20N4OS/c1-24(2)9-8-22-20-18-17(13-6-7-21-11-15(13)19(18)25)14-5-4-12(26-3)10-16(14)23-20/h4-7,10-11H,8-9H2,1-3H3,(H,22,23). The van der Waals surface area contributed by atoms with E-state index in [4.69, 9.17) is 4.98 Å². The Balaban J connectivity index is 1.94. The number of carbonyl (C=O) groups excluding carboxylic acids is 1. The van der Waals surface area contributed by atoms with Crippen LogP contribution in [-0.4, -0.2) is 54.1 Å². The molecule has 0 spiro atoms. The third kappa shape index (κ3) is 2.75. The molecule has 5 nitrogen and oxygen atoms in total. The number of hydrogen-bond donors (Lipinski definition) is 1. The zero-order chi connectivity index (χ0) is 18.3. The summed E-state index contributed by atoms with van der Waals surface area (Å²) in [6.45, 7) is 1.59. The van der Waals surface area contributed by atoms with E-state index in [0.29, 0.717) is 16.9 Å². The molecule has 0 unspecified atom stereocenters. The third-order valence-electron chi connectivity index (χ3n) is 4.61. The second-order valence-corrected chi connectivity index (χ2v) is 7.45. The van der Waals surface area contributed by atoms with Gasteiger partial charge in [-0.25, -0.2) is 4.98 Å². The Hall–Kier alpha value is -2.44. The van der Waals surface area contributed by atoms with E-state index < -0.39 is 0 Å². The lowest BCUT2D eigenvalue weighted by Crippen LogP contribution is -2.22. The molecule has 26 heavy (non-hydrogen) atoms. The van der Waals surface area contributed by atoms with Gasteiger partial charge in [0.15, 0.2) is 5.78 Å². The quantitative estimate of drug-likeness (QED) is 0.547. The van der Waals surface area contributed by atoms with Crippen LogP contribution < -0.4 is 5.32 Å². The fourth-order valence-electron chi connectivity index (χ4n) is 3.33. The zero-order valence-electron chi connectivity index (χ0n) is 15.0. The van der Waals surface area contributed by atoms with E-state index in [0.717, 1.165) is 40.0 Å². The number of likely N-dealkylation sites (N-methyl/N-ethyl adjacent to an activating group) is 1. The first kappa shape index (κ1) is 17.0. The van der Waals surface area contributed by atoms with Gasteiger partial charge in [-0.15, -0.1) is 11.8 Å². The number of anilines is 1. The molecule has 132 valence electrons. The number of pyridine rings is 2. The highest BCUT2D eigenvalue weighted by molar-refractivity contribution is 7.98. The molecular formula is C20H20N4OS. The van der Waals surface area contributed by atoms with E-state index in [2.05, 4.69) is 39.7 Å². The maximum atomic E-state index is 13.0. The van der Waals surface area contributed by atoms with Crippen molar-refractivity contribution in [3.63, 3.8) is 0 Å². The molecule has 0 aliphatic heterocycles. The monoisotopic (exact) mass is 364 g/mol. The summed E-state index contributed by atoms with van der Waals surface area (Å²) in [6.07, 6.45) is 5.45. The highest BCUT2D eigenvalue weighted by atomic mass is 32.2. The van der Waals surface area contributed by atoms with E-state index in [9.17, 15) is 4.79 Å². The van der Waals surface area contributed by atoms with Crippen molar-refractivity contribution in [2.45, 2.75) is 4.90 Å². The first-order valence-corrected chi connectivity index (χ1v) is 9.72. The van der Waals surface area contributed by atoms with E-state index >= 15 is 0 Å². The molecule has 0 amide bonds. The van der Waals surface area contributed by atoms with Gasteiger partial charge in [0.05, 0.1) is 11.1 Å². The van der Waals surface area contributed by atoms with E-state index in [-0.39, 0.29) is 5.78 Å². The van der Waals surface area contributed by atoms with Crippen molar-refractivity contribution in [2.75, 3.05) is 38.8 Å². The lowest BCUT2D eigenvalue weighted by Gasteiger charge is -2.15. The zero-order valence-corrected chi connectivity index (χ0v) is 15.9. The molecule has 2 aromatic heterocycles. The Morgan fingerprint density at radius 2 is 2.00 bits per heavy atom. The van der Waals surface area contributed by atoms with Gasteiger partial charge >= 0.3 is 0 Å². The van der Waals surface area contributed by atoms with Gasteiger partial charge in [-0.2, -0.15) is 0 Å². The number of hydrogen-bond acceptors (Lipinski definition) is 6. The largest absolute Gasteiger partial charge is 0.368 e. The van der Waals surface area contributed by atoms with Crippen LogP contribution >= 0.6 is 11.8 Å². The molecule has 0 fully saturated rings. The van der Waals surface area contributed by atoms with Gasteiger partial charge in [-0.1, -0.05) is 6.07 Å². The summed E-state index contributed by atoms with van der Waals surface area (Å²) in [5.74, 6) is 0.660. The predicted octanol–water partition coefficient (Wildman–Crippen LogP) is 3.54. The molecule has 0 atom stereocenters. The molecule has 1 aromatic carbocycles. The third-order valence-corrected chi connectivity index (χ3v) is 5.33. The van der Waals surface area contributed by atoms with Gasteiger partial charge in [0.2, 0.25) is 0 Å². The summed E-state index contributed by atoms with van der Waals surface area (Å²) in [5, 5.41) is 4.38. The molecule has 0 saturated heterocycles. The number of fused-ring (bicyclic) bond motifs is 5. The van der Waals surface area contributed by atoms with Crippen LogP contribution in [0.2, 0.25) is 0 Å². The number of carbonyl (C=O) groups is 1. The van der Waals surface area contributed by atoms with Gasteiger partial charge in [0.1, 0.15) is 5.82 Å². The van der Waals surface area contributed by atoms with Crippen LogP contribution in [0.5, 0.6) is 0 Å². The van der Waals surface area contributed by atoms with Crippen LogP contribution in [0.25, 0.3) is 22.0 Å². The number of benzene rings is 1. The number of rotatable bonds is 5. The Morgan fingerprint density at radius 3 is 2.77 bits per heavy atom. The number of nitrogens with zero attached hydrogens (tertiary/aromatic N) is 3. The molecule has 1 N–H and O–H groups in total. The Morgan fingerprint density at radius 1 is 1.15 bits per heavy atom. The SMILES string of the molecule is CSc1ccc2c3c(c(NCCN(C)C)nc2c1)C(=O)c1cnccc1-3. The predicted molar refractivity (Wildman–Crippen MR) is 107 cm³/mol. The van der Waals surface area contributed by atoms with Crippen LogP contribution in [0, 0.1) is 0 Å². The summed E-state index contributed by atoms with van der Waals surface area (Å²) in [6, 6.07) is 8.16. The van der Waals surface area contributed by atoms with Crippen LogP contribution in [0.4, 0.5) is 5.82 Å². The van der Waals surface area contributed by atoms with Crippen molar-refractivity contribution >= 4 is 34.3 Å². The molecule has 3 aromatic rings. The van der Waals surface area contributed by atoms with Crippen LogP contribution in [0.15, 0.2) is 41.6 Å². The maximum absolute atomic E-state index is 13.0. The topological polar surface area (TPSA) is 58.1 Å². The highest BCUT2D eigenvalue weighted by Crippen LogP contribution is 2.43. The molecule has 0 saturated carbocycles. The summed E-state index contributed by atoms with van der Waals surface area (Å²) < 4.78 is 0. The van der Waals surface area contributed by atoms with E-state index in [1.807, 2.05) is 20.2 Å². The maximum Gasteiger partial charge on any atom is 0.199 e. The fourth-order valence-corrected chi connectivity index (χ4v) is 3.76. The molecule has 1 aliphatic carbocycles. The normalized spacial score (nSPS) is 12.5. The first-order chi connectivity index (χ1) is 12.6. The lowest BCUT2D eigenvalue weighted by molar-refractivity contribution is 0.104. The minimum Gasteiger partial charge on any atom is -0.368 e. The molecule has 4 rings (SSSR count). The molecular weight excluding hydrogens is 344 g/mol. The smallest absolute Gasteiger partial charge is 0.199 e. The van der Waals surface area contributed by atoms with E-state index in [1.165, 1.54) is 0 Å². The van der Waals surface area contributed by atoms with Gasteiger partial charge in [-0.3, -0.25) is 9.78 Å². The van der Waals surface area contributed by atoms with Gasteiger partial charge in [-0.05, 0) is 44.1 Å². The number of nitrogens with one attached hydrogen (secondary N) is 1. The first-order valence-electron chi connectivity index (χ1n) is 8.49. The molecule has 2 heterocycles. The average Bonchev–Trinajstić information content (AvgIpc) is 2.95. The Labute approximate surface area is 156 Å². The number of ketones is 1. The molecule has 1 aliphatic rings. The van der Waals surface area contributed by atoms with Crippen molar-refractivity contribution in [3.05, 3.63) is 47.8 Å². The van der Waals surface area contributed by atoms with Crippen LogP contribution in [-0.2, 0) is 0 Å². The van der Waals surface area contributed by atoms with Crippen molar-refractivity contribution in [3.8, 4) is 11.1 Å². The highest BCUT2D eigenvalue weighted by Gasteiger charge is 2.32. The molecule has 6 heteroatoms. The van der Waals surface area contributed by atoms with Crippen molar-refractivity contribution in [1.82, 2.24) is 14.9 Å². The minimum absolute atomic E-state index is 0.00111. The Kier molecular flexibility index (Phi) is 4.38. The van der Waals surface area contributed by atoms with Gasteiger partial charge < -0.3 is 10.2 Å². The van der Waals surface area contributed by atoms with Gasteiger partial charge in [0, 0.05) is 46.9 Å². The average molecular weight is 364 g/mol. The summed E-state index contributed by atoms with van der Waals surface area (Å²) in [7, 11) is 4.05. The van der Waals surface area contributed by atoms with Crippen LogP contribution in [0.3, 0.4) is 0 Å². The van der Waals surface area contributed by atoms with Crippen molar-refractivity contribution in [1.29, 1.82) is 0 Å². The minimum atomic E-state index is -0.00111. The van der Waals surface area contributed by atoms with Crippen molar-refractivity contribution in [2.24, 2.45) is 0 Å². The summed E-state index contributed by atoms with van der Waals surface area (Å²) >= 11 is 1.69. The van der Waals surface area contributed by atoms with Gasteiger partial charge in [0.25, 0.3) is 0 Å². The Bertz CT molecular complexity index is 1020. The molecule has 0 bridgehead atoms. The van der Waals surface area contributed by atoms with Crippen LogP contribution in [0.1, 0.15) is 15.9 Å². The number of thioether (sulfide) groups is 1. The molecule has 0 radical (unpaired) electrons. The summed E-state index contributed by atoms with van der Waals surface area (Å²) in [4.78, 5) is 25.2.